The van der Waals surface area contributed by atoms with Gasteiger partial charge >= 0.3 is 0 Å². The highest BCUT2D eigenvalue weighted by atomic mass is 16.6. The van der Waals surface area contributed by atoms with Crippen LogP contribution < -0.4 is 14.8 Å². The molecule has 21 heavy (non-hydrogen) atoms. The molecule has 2 aliphatic rings. The quantitative estimate of drug-likeness (QED) is 0.880. The van der Waals surface area contributed by atoms with E-state index in [0.29, 0.717) is 43.4 Å². The number of benzene rings is 1. The summed E-state index contributed by atoms with van der Waals surface area (Å²) in [6.45, 7) is 3.94. The third-order valence-electron chi connectivity index (χ3n) is 3.64. The summed E-state index contributed by atoms with van der Waals surface area (Å²) in [4.78, 5) is 14.5. The molecule has 1 aromatic rings. The first kappa shape index (κ1) is 14.2. The van der Waals surface area contributed by atoms with Gasteiger partial charge in [0.05, 0.1) is 18.3 Å². The summed E-state index contributed by atoms with van der Waals surface area (Å²) < 4.78 is 16.7. The number of carbonyl (C=O) groups is 1. The normalized spacial score (nSPS) is 21.9. The van der Waals surface area contributed by atoms with Crippen LogP contribution in [-0.2, 0) is 4.74 Å². The van der Waals surface area contributed by atoms with Crippen molar-refractivity contribution in [2.75, 3.05) is 46.5 Å². The lowest BCUT2D eigenvalue weighted by Crippen LogP contribution is -2.46. The topological polar surface area (TPSA) is 60.0 Å². The van der Waals surface area contributed by atoms with Crippen molar-refractivity contribution in [3.63, 3.8) is 0 Å². The maximum absolute atomic E-state index is 12.3. The van der Waals surface area contributed by atoms with Crippen LogP contribution in [0.4, 0.5) is 0 Å². The summed E-state index contributed by atoms with van der Waals surface area (Å²) in [6.07, 6.45) is 0.0319. The van der Waals surface area contributed by atoms with Gasteiger partial charge in [0.15, 0.2) is 11.5 Å². The minimum Gasteiger partial charge on any atom is -0.486 e. The van der Waals surface area contributed by atoms with Crippen molar-refractivity contribution in [2.24, 2.45) is 0 Å². The zero-order valence-corrected chi connectivity index (χ0v) is 12.1. The molecule has 0 bridgehead atoms. The molecule has 2 aliphatic heterocycles. The third kappa shape index (κ3) is 3.28. The van der Waals surface area contributed by atoms with Gasteiger partial charge in [-0.3, -0.25) is 4.79 Å². The molecule has 1 aromatic carbocycles. The van der Waals surface area contributed by atoms with Gasteiger partial charge in [-0.2, -0.15) is 0 Å². The minimum atomic E-state index is -0.158. The van der Waals surface area contributed by atoms with E-state index in [1.54, 1.807) is 12.1 Å². The number of rotatable bonds is 3. The zero-order chi connectivity index (χ0) is 14.7. The SMILES string of the molecule is CN1CCO[C@@H](CNC(=O)c2cccc3c2OCCO3)C1. The molecule has 1 saturated heterocycles. The van der Waals surface area contributed by atoms with Crippen LogP contribution in [-0.4, -0.2) is 63.4 Å². The second-order valence-corrected chi connectivity index (χ2v) is 5.29. The highest BCUT2D eigenvalue weighted by Gasteiger charge is 2.22. The average molecular weight is 292 g/mol. The Bertz CT molecular complexity index is 520. The van der Waals surface area contributed by atoms with E-state index in [2.05, 4.69) is 17.3 Å². The molecule has 114 valence electrons. The zero-order valence-electron chi connectivity index (χ0n) is 12.1. The molecule has 6 heteroatoms. The highest BCUT2D eigenvalue weighted by Crippen LogP contribution is 2.33. The van der Waals surface area contributed by atoms with Gasteiger partial charge in [0.25, 0.3) is 5.91 Å². The minimum absolute atomic E-state index is 0.0319. The van der Waals surface area contributed by atoms with Gasteiger partial charge in [-0.15, -0.1) is 0 Å². The van der Waals surface area contributed by atoms with E-state index < -0.39 is 0 Å². The van der Waals surface area contributed by atoms with E-state index in [-0.39, 0.29) is 12.0 Å². The lowest BCUT2D eigenvalue weighted by atomic mass is 10.1. The Morgan fingerprint density at radius 2 is 2.19 bits per heavy atom. The molecule has 0 aromatic heterocycles. The van der Waals surface area contributed by atoms with Crippen LogP contribution in [0.5, 0.6) is 11.5 Å². The maximum atomic E-state index is 12.3. The number of amides is 1. The first-order valence-electron chi connectivity index (χ1n) is 7.21. The smallest absolute Gasteiger partial charge is 0.255 e. The Morgan fingerprint density at radius 3 is 3.05 bits per heavy atom. The molecule has 0 unspecified atom stereocenters. The molecule has 1 atom stereocenters. The molecule has 3 rings (SSSR count). The number of morpholine rings is 1. The van der Waals surface area contributed by atoms with Gasteiger partial charge in [-0.05, 0) is 19.2 Å². The number of nitrogens with one attached hydrogen (secondary N) is 1. The summed E-state index contributed by atoms with van der Waals surface area (Å²) in [5.74, 6) is 1.000. The van der Waals surface area contributed by atoms with Crippen LogP contribution in [0.1, 0.15) is 10.4 Å². The molecule has 2 heterocycles. The molecule has 0 saturated carbocycles. The van der Waals surface area contributed by atoms with Gasteiger partial charge in [0.1, 0.15) is 13.2 Å². The molecule has 0 spiro atoms. The maximum Gasteiger partial charge on any atom is 0.255 e. The summed E-state index contributed by atoms with van der Waals surface area (Å²) in [5, 5.41) is 2.91. The first-order chi connectivity index (χ1) is 10.2. The molecule has 0 aliphatic carbocycles. The second kappa shape index (κ2) is 6.32. The molecular weight excluding hydrogens is 272 g/mol. The molecule has 6 nitrogen and oxygen atoms in total. The van der Waals surface area contributed by atoms with Crippen molar-refractivity contribution in [1.29, 1.82) is 0 Å². The van der Waals surface area contributed by atoms with Crippen LogP contribution in [0, 0.1) is 0 Å². The van der Waals surface area contributed by atoms with Crippen LogP contribution in [0.15, 0.2) is 18.2 Å². The lowest BCUT2D eigenvalue weighted by molar-refractivity contribution is -0.0175. The number of ether oxygens (including phenoxy) is 3. The monoisotopic (exact) mass is 292 g/mol. The van der Waals surface area contributed by atoms with Crippen molar-refractivity contribution < 1.29 is 19.0 Å². The Hall–Kier alpha value is -1.79. The van der Waals surface area contributed by atoms with Crippen LogP contribution >= 0.6 is 0 Å². The summed E-state index contributed by atoms with van der Waals surface area (Å²) >= 11 is 0. The van der Waals surface area contributed by atoms with Gasteiger partial charge in [0, 0.05) is 19.6 Å². The van der Waals surface area contributed by atoms with E-state index in [0.717, 1.165) is 13.1 Å². The highest BCUT2D eigenvalue weighted by molar-refractivity contribution is 5.97. The molecule has 1 fully saturated rings. The van der Waals surface area contributed by atoms with Crippen molar-refractivity contribution >= 4 is 5.91 Å². The van der Waals surface area contributed by atoms with E-state index in [4.69, 9.17) is 14.2 Å². The molecule has 1 amide bonds. The number of likely N-dealkylation sites (N-methyl/N-ethyl adjacent to an activating group) is 1. The Balaban J connectivity index is 1.63. The van der Waals surface area contributed by atoms with Crippen molar-refractivity contribution in [2.45, 2.75) is 6.10 Å². The van der Waals surface area contributed by atoms with Crippen LogP contribution in [0.2, 0.25) is 0 Å². The number of nitrogens with zero attached hydrogens (tertiary/aromatic N) is 1. The third-order valence-corrected chi connectivity index (χ3v) is 3.64. The number of para-hydroxylation sites is 1. The Labute approximate surface area is 124 Å². The lowest BCUT2D eigenvalue weighted by Gasteiger charge is -2.30. The van der Waals surface area contributed by atoms with E-state index in [9.17, 15) is 4.79 Å². The van der Waals surface area contributed by atoms with Gasteiger partial charge < -0.3 is 24.4 Å². The van der Waals surface area contributed by atoms with Crippen LogP contribution in [0.25, 0.3) is 0 Å². The second-order valence-electron chi connectivity index (χ2n) is 5.29. The Morgan fingerprint density at radius 1 is 1.33 bits per heavy atom. The summed E-state index contributed by atoms with van der Waals surface area (Å²) in [6, 6.07) is 5.36. The fourth-order valence-electron chi connectivity index (χ4n) is 2.54. The Kier molecular flexibility index (Phi) is 4.26. The van der Waals surface area contributed by atoms with E-state index in [1.807, 2.05) is 6.07 Å². The van der Waals surface area contributed by atoms with Crippen LogP contribution in [0.3, 0.4) is 0 Å². The predicted molar refractivity (Wildman–Crippen MR) is 77.0 cm³/mol. The predicted octanol–water partition coefficient (Wildman–Crippen LogP) is 0.518. The summed E-state index contributed by atoms with van der Waals surface area (Å²) in [7, 11) is 2.05. The molecule has 0 radical (unpaired) electrons. The fraction of sp³-hybridized carbons (Fsp3) is 0.533. The van der Waals surface area contributed by atoms with Crippen molar-refractivity contribution in [3.05, 3.63) is 23.8 Å². The number of hydrogen-bond acceptors (Lipinski definition) is 5. The number of carbonyl (C=O) groups excluding carboxylic acids is 1. The molecule has 1 N–H and O–H groups in total. The van der Waals surface area contributed by atoms with E-state index in [1.165, 1.54) is 0 Å². The van der Waals surface area contributed by atoms with Crippen molar-refractivity contribution in [3.8, 4) is 11.5 Å². The van der Waals surface area contributed by atoms with Gasteiger partial charge in [0.2, 0.25) is 0 Å². The number of hydrogen-bond donors (Lipinski definition) is 1. The molecular formula is C15H20N2O4. The van der Waals surface area contributed by atoms with E-state index >= 15 is 0 Å². The number of fused-ring (bicyclic) bond motifs is 1. The van der Waals surface area contributed by atoms with Crippen molar-refractivity contribution in [1.82, 2.24) is 10.2 Å². The largest absolute Gasteiger partial charge is 0.486 e. The fourth-order valence-corrected chi connectivity index (χ4v) is 2.54. The first-order valence-corrected chi connectivity index (χ1v) is 7.21. The standard InChI is InChI=1S/C15H20N2O4/c1-17-5-6-19-11(10-17)9-16-15(18)12-3-2-4-13-14(12)21-8-7-20-13/h2-4,11H,5-10H2,1H3,(H,16,18)/t11-/m0/s1. The van der Waals surface area contributed by atoms with Gasteiger partial charge in [-0.1, -0.05) is 6.07 Å². The van der Waals surface area contributed by atoms with Gasteiger partial charge in [-0.25, -0.2) is 0 Å². The average Bonchev–Trinajstić information content (AvgIpc) is 2.52. The summed E-state index contributed by atoms with van der Waals surface area (Å²) in [5.41, 5.74) is 0.511.